The van der Waals surface area contributed by atoms with Crippen LogP contribution in [0.2, 0.25) is 0 Å². The Labute approximate surface area is 174 Å². The molecule has 2 atom stereocenters. The summed E-state index contributed by atoms with van der Waals surface area (Å²) in [7, 11) is 0. The molecule has 2 fully saturated rings. The number of piperidine rings is 1. The van der Waals surface area contributed by atoms with Crippen molar-refractivity contribution in [3.05, 3.63) is 63.6 Å². The van der Waals surface area contributed by atoms with E-state index < -0.39 is 24.2 Å². The highest BCUT2D eigenvalue weighted by molar-refractivity contribution is 9.10. The van der Waals surface area contributed by atoms with Gasteiger partial charge in [-0.05, 0) is 59.3 Å². The molecule has 0 saturated carbocycles. The number of fused-ring (bicyclic) bond motifs is 4. The Hall–Kier alpha value is -2.28. The van der Waals surface area contributed by atoms with E-state index in [-0.39, 0.29) is 0 Å². The molecule has 0 radical (unpaired) electrons. The monoisotopic (exact) mass is 463 g/mol. The molecule has 0 N–H and O–H groups in total. The molecule has 29 heavy (non-hydrogen) atoms. The van der Waals surface area contributed by atoms with Crippen LogP contribution in [0.25, 0.3) is 5.57 Å². The molecule has 0 aliphatic carbocycles. The maximum atomic E-state index is 13.1. The SMILES string of the molecule is O=C(N1C2CC[C@@H]1CC(=C1c3ccccc3Oc3c(Br)cccc31)C2)C(F)(F)F. The molecule has 7 heteroatoms. The predicted molar refractivity (Wildman–Crippen MR) is 106 cm³/mol. The summed E-state index contributed by atoms with van der Waals surface area (Å²) in [4.78, 5) is 13.0. The van der Waals surface area contributed by atoms with Crippen molar-refractivity contribution in [3.8, 4) is 11.5 Å². The van der Waals surface area contributed by atoms with Gasteiger partial charge >= 0.3 is 12.1 Å². The van der Waals surface area contributed by atoms with Gasteiger partial charge in [0.05, 0.1) is 4.47 Å². The summed E-state index contributed by atoms with van der Waals surface area (Å²) in [6, 6.07) is 12.7. The van der Waals surface area contributed by atoms with E-state index in [2.05, 4.69) is 15.9 Å². The Balaban J connectivity index is 1.62. The minimum Gasteiger partial charge on any atom is -0.455 e. The number of carbonyl (C=O) groups excluding carboxylic acids is 1. The average molecular weight is 464 g/mol. The molecule has 1 unspecified atom stereocenters. The fraction of sp³-hybridized carbons (Fsp3) is 0.318. The van der Waals surface area contributed by atoms with E-state index >= 15 is 0 Å². The zero-order chi connectivity index (χ0) is 20.3. The van der Waals surface area contributed by atoms with Gasteiger partial charge < -0.3 is 9.64 Å². The molecule has 5 rings (SSSR count). The van der Waals surface area contributed by atoms with Crippen LogP contribution in [0.15, 0.2) is 52.5 Å². The van der Waals surface area contributed by atoms with E-state index in [1.54, 1.807) is 0 Å². The molecule has 2 bridgehead atoms. The standard InChI is InChI=1S/C22H17BrF3NO2/c23-17-6-3-5-16-19(15-4-1-2-7-18(15)29-20(16)17)12-10-13-8-9-14(11-12)27(13)21(28)22(24,25)26/h1-7,13-14H,8-11H2/t13-,14?/m1/s1. The van der Waals surface area contributed by atoms with E-state index in [0.29, 0.717) is 25.7 Å². The number of halogens is 4. The molecule has 0 spiro atoms. The molecule has 3 heterocycles. The first kappa shape index (κ1) is 18.7. The van der Waals surface area contributed by atoms with Crippen LogP contribution in [-0.4, -0.2) is 29.1 Å². The van der Waals surface area contributed by atoms with Crippen molar-refractivity contribution in [3.63, 3.8) is 0 Å². The lowest BCUT2D eigenvalue weighted by molar-refractivity contribution is -0.189. The van der Waals surface area contributed by atoms with Crippen LogP contribution in [0, 0.1) is 0 Å². The number of carbonyl (C=O) groups is 1. The van der Waals surface area contributed by atoms with Crippen molar-refractivity contribution in [1.82, 2.24) is 4.90 Å². The maximum absolute atomic E-state index is 13.1. The second-order valence-corrected chi connectivity index (χ2v) is 8.55. The first-order valence-corrected chi connectivity index (χ1v) is 10.3. The molecule has 2 aromatic rings. The summed E-state index contributed by atoms with van der Waals surface area (Å²) in [6.45, 7) is 0. The number of rotatable bonds is 0. The van der Waals surface area contributed by atoms with Crippen LogP contribution in [0.1, 0.15) is 36.8 Å². The summed E-state index contributed by atoms with van der Waals surface area (Å²) in [5, 5.41) is 0. The third kappa shape index (κ3) is 2.98. The van der Waals surface area contributed by atoms with Gasteiger partial charge in [0.2, 0.25) is 0 Å². The smallest absolute Gasteiger partial charge is 0.455 e. The van der Waals surface area contributed by atoms with Crippen molar-refractivity contribution < 1.29 is 22.7 Å². The number of nitrogens with zero attached hydrogens (tertiary/aromatic N) is 1. The van der Waals surface area contributed by atoms with Gasteiger partial charge in [0.25, 0.3) is 0 Å². The van der Waals surface area contributed by atoms with Gasteiger partial charge in [-0.3, -0.25) is 4.79 Å². The van der Waals surface area contributed by atoms with E-state index in [4.69, 9.17) is 4.74 Å². The first-order chi connectivity index (χ1) is 13.8. The van der Waals surface area contributed by atoms with Crippen LogP contribution < -0.4 is 4.74 Å². The lowest BCUT2D eigenvalue weighted by Crippen LogP contribution is -2.50. The zero-order valence-corrected chi connectivity index (χ0v) is 16.9. The number of para-hydroxylation sites is 2. The molecule has 2 saturated heterocycles. The van der Waals surface area contributed by atoms with Crippen LogP contribution in [0.5, 0.6) is 11.5 Å². The van der Waals surface area contributed by atoms with E-state index in [0.717, 1.165) is 43.1 Å². The summed E-state index contributed by atoms with van der Waals surface area (Å²) < 4.78 is 46.2. The fourth-order valence-electron chi connectivity index (χ4n) is 4.90. The molecule has 0 aromatic heterocycles. The number of hydrogen-bond donors (Lipinski definition) is 0. The molecule has 150 valence electrons. The highest BCUT2D eigenvalue weighted by atomic mass is 79.9. The zero-order valence-electron chi connectivity index (χ0n) is 15.3. The summed E-state index contributed by atoms with van der Waals surface area (Å²) in [5.74, 6) is -0.255. The number of hydrogen-bond acceptors (Lipinski definition) is 2. The van der Waals surface area contributed by atoms with E-state index in [1.807, 2.05) is 42.5 Å². The van der Waals surface area contributed by atoms with Crippen molar-refractivity contribution in [2.45, 2.75) is 43.9 Å². The Morgan fingerprint density at radius 1 is 1.00 bits per heavy atom. The van der Waals surface area contributed by atoms with Crippen LogP contribution >= 0.6 is 15.9 Å². The largest absolute Gasteiger partial charge is 0.471 e. The van der Waals surface area contributed by atoms with Gasteiger partial charge in [-0.1, -0.05) is 35.9 Å². The number of ether oxygens (including phenoxy) is 1. The first-order valence-electron chi connectivity index (χ1n) is 9.52. The van der Waals surface area contributed by atoms with Gasteiger partial charge in [0, 0.05) is 23.2 Å². The summed E-state index contributed by atoms with van der Waals surface area (Å²) in [5.41, 5.74) is 4.00. The molecule has 3 nitrogen and oxygen atoms in total. The number of amides is 1. The van der Waals surface area contributed by atoms with Gasteiger partial charge in [-0.2, -0.15) is 13.2 Å². The normalized spacial score (nSPS) is 25.3. The minimum absolute atomic E-state index is 0.406. The molecule has 3 aliphatic heterocycles. The second kappa shape index (κ2) is 6.62. The third-order valence-electron chi connectivity index (χ3n) is 6.02. The molecule has 3 aliphatic rings. The van der Waals surface area contributed by atoms with Gasteiger partial charge in [-0.15, -0.1) is 0 Å². The Kier molecular flexibility index (Phi) is 4.28. The minimum atomic E-state index is -4.83. The van der Waals surface area contributed by atoms with Crippen molar-refractivity contribution in [1.29, 1.82) is 0 Å². The van der Waals surface area contributed by atoms with Crippen molar-refractivity contribution >= 4 is 27.4 Å². The summed E-state index contributed by atoms with van der Waals surface area (Å²) >= 11 is 3.55. The maximum Gasteiger partial charge on any atom is 0.471 e. The Morgan fingerprint density at radius 2 is 1.66 bits per heavy atom. The number of benzene rings is 2. The third-order valence-corrected chi connectivity index (χ3v) is 6.64. The molecular weight excluding hydrogens is 447 g/mol. The lowest BCUT2D eigenvalue weighted by Gasteiger charge is -2.38. The van der Waals surface area contributed by atoms with Gasteiger partial charge in [0.15, 0.2) is 0 Å². The fourth-order valence-corrected chi connectivity index (χ4v) is 5.35. The van der Waals surface area contributed by atoms with Crippen molar-refractivity contribution in [2.75, 3.05) is 0 Å². The van der Waals surface area contributed by atoms with Crippen LogP contribution in [0.4, 0.5) is 13.2 Å². The highest BCUT2D eigenvalue weighted by Crippen LogP contribution is 2.51. The predicted octanol–water partition coefficient (Wildman–Crippen LogP) is 6.07. The Morgan fingerprint density at radius 3 is 2.34 bits per heavy atom. The Bertz CT molecular complexity index is 1030. The van der Waals surface area contributed by atoms with E-state index in [1.165, 1.54) is 0 Å². The van der Waals surface area contributed by atoms with Gasteiger partial charge in [-0.25, -0.2) is 0 Å². The molecule has 1 amide bonds. The highest BCUT2D eigenvalue weighted by Gasteiger charge is 2.51. The van der Waals surface area contributed by atoms with Crippen molar-refractivity contribution in [2.24, 2.45) is 0 Å². The molecular formula is C22H17BrF3NO2. The second-order valence-electron chi connectivity index (χ2n) is 7.70. The topological polar surface area (TPSA) is 29.5 Å². The number of alkyl halides is 3. The van der Waals surface area contributed by atoms with Gasteiger partial charge in [0.1, 0.15) is 11.5 Å². The van der Waals surface area contributed by atoms with Crippen LogP contribution in [0.3, 0.4) is 0 Å². The quantitative estimate of drug-likeness (QED) is 0.404. The summed E-state index contributed by atoms with van der Waals surface area (Å²) in [6.07, 6.45) is -2.71. The molecule has 2 aromatic carbocycles. The lowest BCUT2D eigenvalue weighted by atomic mass is 9.84. The average Bonchev–Trinajstić information content (AvgIpc) is 2.94. The van der Waals surface area contributed by atoms with Crippen LogP contribution in [-0.2, 0) is 4.79 Å². The van der Waals surface area contributed by atoms with E-state index in [9.17, 15) is 18.0 Å².